The van der Waals surface area contributed by atoms with Crippen molar-refractivity contribution in [3.8, 4) is 11.5 Å². The molecule has 3 N–H and O–H groups in total. The van der Waals surface area contributed by atoms with Gasteiger partial charge in [-0.05, 0) is 12.8 Å². The van der Waals surface area contributed by atoms with Gasteiger partial charge in [0.25, 0.3) is 0 Å². The largest absolute Gasteiger partial charge is 0.490 e. The van der Waals surface area contributed by atoms with Gasteiger partial charge in [0.1, 0.15) is 0 Å². The third-order valence-corrected chi connectivity index (χ3v) is 2.86. The Balaban J connectivity index is 2.93. The molecule has 1 aromatic carbocycles. The number of nitrogens with two attached hydrogens (primary N) is 1. The van der Waals surface area contributed by atoms with Gasteiger partial charge in [0.05, 0.1) is 24.5 Å². The molecular weight excluding hydrogens is 258 g/mol. The Labute approximate surface area is 119 Å². The molecule has 1 aromatic rings. The van der Waals surface area contributed by atoms with Crippen molar-refractivity contribution in [2.45, 2.75) is 39.5 Å². The number of aromatic carboxylic acids is 1. The lowest BCUT2D eigenvalue weighted by molar-refractivity contribution is 0.0697. The Morgan fingerprint density at radius 2 is 1.60 bits per heavy atom. The summed E-state index contributed by atoms with van der Waals surface area (Å²) in [5, 5.41) is 9.09. The van der Waals surface area contributed by atoms with Crippen LogP contribution in [0.5, 0.6) is 11.5 Å². The molecule has 0 aliphatic rings. The van der Waals surface area contributed by atoms with E-state index >= 15 is 0 Å². The Morgan fingerprint density at radius 3 is 2.05 bits per heavy atom. The number of hydrogen-bond acceptors (Lipinski definition) is 4. The first-order chi connectivity index (χ1) is 9.60. The number of anilines is 1. The van der Waals surface area contributed by atoms with E-state index in [1.165, 1.54) is 12.1 Å². The molecule has 5 heteroatoms. The molecule has 0 saturated carbocycles. The monoisotopic (exact) mass is 281 g/mol. The van der Waals surface area contributed by atoms with E-state index < -0.39 is 5.97 Å². The van der Waals surface area contributed by atoms with Crippen LogP contribution in [-0.4, -0.2) is 24.3 Å². The molecule has 0 aromatic heterocycles. The van der Waals surface area contributed by atoms with Crippen LogP contribution >= 0.6 is 0 Å². The molecule has 0 unspecified atom stereocenters. The molecule has 0 heterocycles. The van der Waals surface area contributed by atoms with Gasteiger partial charge >= 0.3 is 5.97 Å². The third-order valence-electron chi connectivity index (χ3n) is 2.86. The first kappa shape index (κ1) is 16.1. The van der Waals surface area contributed by atoms with Crippen molar-refractivity contribution in [1.82, 2.24) is 0 Å². The number of unbranched alkanes of at least 4 members (excludes halogenated alkanes) is 2. The number of rotatable bonds is 9. The van der Waals surface area contributed by atoms with Crippen LogP contribution in [0, 0.1) is 0 Å². The Bertz CT molecular complexity index is 446. The van der Waals surface area contributed by atoms with E-state index in [0.717, 1.165) is 25.7 Å². The summed E-state index contributed by atoms with van der Waals surface area (Å²) in [5.41, 5.74) is 5.96. The van der Waals surface area contributed by atoms with Crippen LogP contribution in [-0.2, 0) is 0 Å². The summed E-state index contributed by atoms with van der Waals surface area (Å²) in [6.45, 7) is 5.23. The Kier molecular flexibility index (Phi) is 6.70. The van der Waals surface area contributed by atoms with E-state index in [4.69, 9.17) is 20.3 Å². The van der Waals surface area contributed by atoms with Crippen molar-refractivity contribution in [3.05, 3.63) is 17.7 Å². The highest BCUT2D eigenvalue weighted by Gasteiger charge is 2.15. The van der Waals surface area contributed by atoms with E-state index in [0.29, 0.717) is 24.7 Å². The summed E-state index contributed by atoms with van der Waals surface area (Å²) in [4.78, 5) is 11.1. The molecule has 20 heavy (non-hydrogen) atoms. The minimum absolute atomic E-state index is 0.0411. The predicted molar refractivity (Wildman–Crippen MR) is 78.6 cm³/mol. The molecule has 0 saturated heterocycles. The van der Waals surface area contributed by atoms with Gasteiger partial charge in [-0.25, -0.2) is 4.79 Å². The van der Waals surface area contributed by atoms with Crippen LogP contribution in [0.25, 0.3) is 0 Å². The van der Waals surface area contributed by atoms with Crippen LogP contribution in [0.2, 0.25) is 0 Å². The number of carbonyl (C=O) groups is 1. The highest BCUT2D eigenvalue weighted by Crippen LogP contribution is 2.33. The summed E-state index contributed by atoms with van der Waals surface area (Å²) >= 11 is 0. The molecule has 112 valence electrons. The maximum Gasteiger partial charge on any atom is 0.337 e. The number of hydrogen-bond donors (Lipinski definition) is 2. The number of carboxylic acid groups (broad SMARTS) is 1. The van der Waals surface area contributed by atoms with Gasteiger partial charge < -0.3 is 20.3 Å². The minimum Gasteiger partial charge on any atom is -0.490 e. The molecular formula is C15H23NO4. The average Bonchev–Trinajstić information content (AvgIpc) is 2.41. The molecule has 0 aliphatic carbocycles. The second-order valence-electron chi connectivity index (χ2n) is 4.60. The standard InChI is InChI=1S/C15H23NO4/c1-3-5-7-19-13-9-11(15(17)18)12(16)10-14(13)20-8-6-4-2/h9-10H,3-8,16H2,1-2H3,(H,17,18). The van der Waals surface area contributed by atoms with Crippen LogP contribution in [0.3, 0.4) is 0 Å². The van der Waals surface area contributed by atoms with Crippen molar-refractivity contribution in [1.29, 1.82) is 0 Å². The zero-order chi connectivity index (χ0) is 15.0. The van der Waals surface area contributed by atoms with E-state index in [-0.39, 0.29) is 11.3 Å². The maximum atomic E-state index is 11.1. The average molecular weight is 281 g/mol. The lowest BCUT2D eigenvalue weighted by Crippen LogP contribution is -2.07. The number of ether oxygens (including phenoxy) is 2. The topological polar surface area (TPSA) is 81.8 Å². The molecule has 0 amide bonds. The molecule has 0 bridgehead atoms. The summed E-state index contributed by atoms with van der Waals surface area (Å²) in [7, 11) is 0. The molecule has 0 aliphatic heterocycles. The summed E-state index contributed by atoms with van der Waals surface area (Å²) in [5.74, 6) is -0.110. The smallest absolute Gasteiger partial charge is 0.337 e. The first-order valence-corrected chi connectivity index (χ1v) is 7.02. The lowest BCUT2D eigenvalue weighted by Gasteiger charge is -2.14. The van der Waals surface area contributed by atoms with E-state index in [2.05, 4.69) is 13.8 Å². The van der Waals surface area contributed by atoms with Crippen molar-refractivity contribution >= 4 is 11.7 Å². The highest BCUT2D eigenvalue weighted by atomic mass is 16.5. The molecule has 0 radical (unpaired) electrons. The van der Waals surface area contributed by atoms with Gasteiger partial charge in [-0.2, -0.15) is 0 Å². The Morgan fingerprint density at radius 1 is 1.10 bits per heavy atom. The third kappa shape index (κ3) is 4.64. The SMILES string of the molecule is CCCCOc1cc(N)c(C(=O)O)cc1OCCCC. The van der Waals surface area contributed by atoms with E-state index in [1.54, 1.807) is 0 Å². The van der Waals surface area contributed by atoms with Crippen molar-refractivity contribution in [2.75, 3.05) is 18.9 Å². The number of benzene rings is 1. The summed E-state index contributed by atoms with van der Waals surface area (Å²) in [6.07, 6.45) is 3.86. The van der Waals surface area contributed by atoms with Gasteiger partial charge in [-0.15, -0.1) is 0 Å². The fourth-order valence-electron chi connectivity index (χ4n) is 1.64. The quantitative estimate of drug-likeness (QED) is 0.536. The van der Waals surface area contributed by atoms with Crippen molar-refractivity contribution in [2.24, 2.45) is 0 Å². The molecule has 1 rings (SSSR count). The van der Waals surface area contributed by atoms with Crippen molar-refractivity contribution in [3.63, 3.8) is 0 Å². The minimum atomic E-state index is -1.07. The lowest BCUT2D eigenvalue weighted by atomic mass is 10.1. The fourth-order valence-corrected chi connectivity index (χ4v) is 1.64. The van der Waals surface area contributed by atoms with Gasteiger partial charge in [0, 0.05) is 12.1 Å². The van der Waals surface area contributed by atoms with Crippen LogP contribution in [0.4, 0.5) is 5.69 Å². The second kappa shape index (κ2) is 8.30. The molecule has 0 fully saturated rings. The van der Waals surface area contributed by atoms with Crippen LogP contribution in [0.1, 0.15) is 49.9 Å². The summed E-state index contributed by atoms with van der Waals surface area (Å²) in [6, 6.07) is 2.97. The maximum absolute atomic E-state index is 11.1. The van der Waals surface area contributed by atoms with Crippen molar-refractivity contribution < 1.29 is 19.4 Å². The molecule has 0 spiro atoms. The van der Waals surface area contributed by atoms with E-state index in [9.17, 15) is 4.79 Å². The van der Waals surface area contributed by atoms with Gasteiger partial charge in [-0.1, -0.05) is 26.7 Å². The normalized spacial score (nSPS) is 10.3. The number of nitrogen functional groups attached to an aromatic ring is 1. The second-order valence-corrected chi connectivity index (χ2v) is 4.60. The Hall–Kier alpha value is -1.91. The molecule has 5 nitrogen and oxygen atoms in total. The zero-order valence-corrected chi connectivity index (χ0v) is 12.1. The zero-order valence-electron chi connectivity index (χ0n) is 12.1. The predicted octanol–water partition coefficient (Wildman–Crippen LogP) is 3.32. The van der Waals surface area contributed by atoms with Gasteiger partial charge in [-0.3, -0.25) is 0 Å². The first-order valence-electron chi connectivity index (χ1n) is 7.02. The van der Waals surface area contributed by atoms with Gasteiger partial charge in [0.15, 0.2) is 11.5 Å². The number of carboxylic acids is 1. The highest BCUT2D eigenvalue weighted by molar-refractivity contribution is 5.94. The molecule has 0 atom stereocenters. The van der Waals surface area contributed by atoms with Gasteiger partial charge in [0.2, 0.25) is 0 Å². The van der Waals surface area contributed by atoms with E-state index in [1.807, 2.05) is 0 Å². The summed E-state index contributed by atoms with van der Waals surface area (Å²) < 4.78 is 11.2. The van der Waals surface area contributed by atoms with Crippen LogP contribution in [0.15, 0.2) is 12.1 Å². The van der Waals surface area contributed by atoms with Crippen LogP contribution < -0.4 is 15.2 Å². The fraction of sp³-hybridized carbons (Fsp3) is 0.533.